The van der Waals surface area contributed by atoms with Crippen molar-refractivity contribution in [1.82, 2.24) is 9.78 Å². The highest BCUT2D eigenvalue weighted by atomic mass is 16.5. The summed E-state index contributed by atoms with van der Waals surface area (Å²) in [6.07, 6.45) is 1.96. The van der Waals surface area contributed by atoms with Gasteiger partial charge in [0.1, 0.15) is 5.75 Å². The minimum Gasteiger partial charge on any atom is -0.496 e. The molecular formula is C27H24N4O3. The van der Waals surface area contributed by atoms with Crippen molar-refractivity contribution in [2.24, 2.45) is 0 Å². The lowest BCUT2D eigenvalue weighted by Crippen LogP contribution is -2.30. The van der Waals surface area contributed by atoms with E-state index in [9.17, 15) is 9.59 Å². The zero-order valence-electron chi connectivity index (χ0n) is 18.8. The van der Waals surface area contributed by atoms with E-state index in [2.05, 4.69) is 10.4 Å². The van der Waals surface area contributed by atoms with Crippen LogP contribution in [0.25, 0.3) is 0 Å². The quantitative estimate of drug-likeness (QED) is 0.490. The lowest BCUT2D eigenvalue weighted by molar-refractivity contribution is -0.115. The van der Waals surface area contributed by atoms with Gasteiger partial charge in [-0.3, -0.25) is 14.3 Å². The number of fused-ring (bicyclic) bond motifs is 2. The summed E-state index contributed by atoms with van der Waals surface area (Å²) < 4.78 is 7.24. The molecule has 0 fully saturated rings. The van der Waals surface area contributed by atoms with Crippen molar-refractivity contribution in [3.63, 3.8) is 0 Å². The first-order valence-electron chi connectivity index (χ1n) is 11.0. The Balaban J connectivity index is 1.32. The Morgan fingerprint density at radius 1 is 0.941 bits per heavy atom. The minimum atomic E-state index is -0.154. The molecule has 0 saturated carbocycles. The molecule has 0 aliphatic carbocycles. The highest BCUT2D eigenvalue weighted by Crippen LogP contribution is 2.29. The minimum absolute atomic E-state index is 0.103. The van der Waals surface area contributed by atoms with Crippen LogP contribution in [0.2, 0.25) is 0 Å². The maximum atomic E-state index is 13.5. The molecular weight excluding hydrogens is 428 g/mol. The average molecular weight is 453 g/mol. The van der Waals surface area contributed by atoms with E-state index in [0.717, 1.165) is 22.5 Å². The molecule has 2 heterocycles. The average Bonchev–Trinajstić information content (AvgIpc) is 3.23. The second kappa shape index (κ2) is 9.23. The summed E-state index contributed by atoms with van der Waals surface area (Å²) >= 11 is 0. The van der Waals surface area contributed by atoms with Crippen LogP contribution in [-0.4, -0.2) is 28.7 Å². The van der Waals surface area contributed by atoms with E-state index in [0.29, 0.717) is 30.1 Å². The largest absolute Gasteiger partial charge is 0.496 e. The lowest BCUT2D eigenvalue weighted by atomic mass is 10.1. The smallest absolute Gasteiger partial charge is 0.258 e. The van der Waals surface area contributed by atoms with E-state index in [1.54, 1.807) is 42.5 Å². The highest BCUT2D eigenvalue weighted by Gasteiger charge is 2.25. The standard InChI is InChI=1S/C27H24N4O3/c1-34-25-9-5-3-6-20(25)16-26(32)29-22-12-10-19(11-13-22)27(33)30-18-23-14-15-28-31(23)17-21-7-2-4-8-24(21)30/h2-15H,16-18H2,1H3,(H,29,32). The molecule has 5 rings (SSSR count). The Morgan fingerprint density at radius 2 is 1.71 bits per heavy atom. The Hall–Kier alpha value is -4.39. The molecule has 0 radical (unpaired) electrons. The third-order valence-electron chi connectivity index (χ3n) is 5.93. The SMILES string of the molecule is COc1ccccc1CC(=O)Nc1ccc(C(=O)N2Cc3ccnn3Cc3ccccc32)cc1. The number of hydrogen-bond acceptors (Lipinski definition) is 4. The fourth-order valence-corrected chi connectivity index (χ4v) is 4.21. The van der Waals surface area contributed by atoms with Gasteiger partial charge in [-0.2, -0.15) is 5.10 Å². The van der Waals surface area contributed by atoms with Crippen LogP contribution < -0.4 is 15.0 Å². The van der Waals surface area contributed by atoms with Gasteiger partial charge in [-0.1, -0.05) is 36.4 Å². The van der Waals surface area contributed by atoms with Gasteiger partial charge in [-0.05, 0) is 48.0 Å². The topological polar surface area (TPSA) is 76.5 Å². The maximum absolute atomic E-state index is 13.5. The van der Waals surface area contributed by atoms with Gasteiger partial charge < -0.3 is 15.0 Å². The van der Waals surface area contributed by atoms with E-state index >= 15 is 0 Å². The summed E-state index contributed by atoms with van der Waals surface area (Å²) in [7, 11) is 1.59. The molecule has 0 spiro atoms. The van der Waals surface area contributed by atoms with Crippen molar-refractivity contribution in [3.05, 3.63) is 107 Å². The number of para-hydroxylation sites is 2. The van der Waals surface area contributed by atoms with Crippen molar-refractivity contribution in [1.29, 1.82) is 0 Å². The second-order valence-corrected chi connectivity index (χ2v) is 8.11. The zero-order valence-corrected chi connectivity index (χ0v) is 18.8. The van der Waals surface area contributed by atoms with Crippen molar-refractivity contribution >= 4 is 23.2 Å². The molecule has 170 valence electrons. The molecule has 1 N–H and O–H groups in total. The number of hydrogen-bond donors (Lipinski definition) is 1. The maximum Gasteiger partial charge on any atom is 0.258 e. The second-order valence-electron chi connectivity index (χ2n) is 8.11. The number of aromatic nitrogens is 2. The van der Waals surface area contributed by atoms with Gasteiger partial charge in [0.05, 0.1) is 32.3 Å². The van der Waals surface area contributed by atoms with Gasteiger partial charge in [0.25, 0.3) is 5.91 Å². The first-order chi connectivity index (χ1) is 16.6. The summed E-state index contributed by atoms with van der Waals surface area (Å²) in [5, 5.41) is 7.28. The number of anilines is 2. The lowest BCUT2D eigenvalue weighted by Gasteiger charge is -2.22. The first-order valence-corrected chi connectivity index (χ1v) is 11.0. The Kier molecular flexibility index (Phi) is 5.82. The van der Waals surface area contributed by atoms with E-state index < -0.39 is 0 Å². The van der Waals surface area contributed by atoms with Crippen LogP contribution in [0.15, 0.2) is 85.1 Å². The summed E-state index contributed by atoms with van der Waals surface area (Å²) in [4.78, 5) is 27.8. The Morgan fingerprint density at radius 3 is 2.53 bits per heavy atom. The summed E-state index contributed by atoms with van der Waals surface area (Å²) in [6, 6.07) is 24.3. The molecule has 7 nitrogen and oxygen atoms in total. The number of amides is 2. The molecule has 2 amide bonds. The van der Waals surface area contributed by atoms with Crippen LogP contribution in [-0.2, 0) is 24.3 Å². The molecule has 1 aliphatic heterocycles. The summed E-state index contributed by atoms with van der Waals surface area (Å²) in [6.45, 7) is 1.06. The number of carbonyl (C=O) groups excluding carboxylic acids is 2. The predicted octanol–water partition coefficient (Wildman–Crippen LogP) is 4.28. The molecule has 1 aliphatic rings. The van der Waals surface area contributed by atoms with Gasteiger partial charge >= 0.3 is 0 Å². The number of nitrogens with zero attached hydrogens (tertiary/aromatic N) is 3. The van der Waals surface area contributed by atoms with E-state index in [-0.39, 0.29) is 18.2 Å². The van der Waals surface area contributed by atoms with Gasteiger partial charge in [-0.25, -0.2) is 0 Å². The van der Waals surface area contributed by atoms with E-state index in [4.69, 9.17) is 4.74 Å². The predicted molar refractivity (Wildman–Crippen MR) is 130 cm³/mol. The molecule has 3 aromatic carbocycles. The summed E-state index contributed by atoms with van der Waals surface area (Å²) in [5.74, 6) is 0.421. The van der Waals surface area contributed by atoms with E-state index in [1.807, 2.05) is 59.3 Å². The third-order valence-corrected chi connectivity index (χ3v) is 5.93. The Labute approximate surface area is 197 Å². The van der Waals surface area contributed by atoms with Crippen LogP contribution in [0.4, 0.5) is 11.4 Å². The normalized spacial score (nSPS) is 12.3. The number of rotatable bonds is 5. The molecule has 7 heteroatoms. The van der Waals surface area contributed by atoms with Crippen molar-refractivity contribution in [3.8, 4) is 5.75 Å². The van der Waals surface area contributed by atoms with Crippen molar-refractivity contribution < 1.29 is 14.3 Å². The molecule has 0 unspecified atom stereocenters. The van der Waals surface area contributed by atoms with Gasteiger partial charge in [0, 0.05) is 28.7 Å². The van der Waals surface area contributed by atoms with Crippen LogP contribution in [0.3, 0.4) is 0 Å². The number of nitrogens with one attached hydrogen (secondary N) is 1. The molecule has 0 bridgehead atoms. The molecule has 1 aromatic heterocycles. The van der Waals surface area contributed by atoms with Gasteiger partial charge in [0.2, 0.25) is 5.91 Å². The number of carbonyl (C=O) groups is 2. The number of ether oxygens (including phenoxy) is 1. The van der Waals surface area contributed by atoms with E-state index in [1.165, 1.54) is 0 Å². The van der Waals surface area contributed by atoms with Crippen LogP contribution >= 0.6 is 0 Å². The van der Waals surface area contributed by atoms with Crippen LogP contribution in [0.1, 0.15) is 27.2 Å². The Bertz CT molecular complexity index is 1340. The highest BCUT2D eigenvalue weighted by molar-refractivity contribution is 6.07. The summed E-state index contributed by atoms with van der Waals surface area (Å²) in [5.41, 5.74) is 4.89. The van der Waals surface area contributed by atoms with Gasteiger partial charge in [-0.15, -0.1) is 0 Å². The molecule has 34 heavy (non-hydrogen) atoms. The number of benzene rings is 3. The fourth-order valence-electron chi connectivity index (χ4n) is 4.21. The van der Waals surface area contributed by atoms with Crippen molar-refractivity contribution in [2.45, 2.75) is 19.5 Å². The third kappa shape index (κ3) is 4.28. The van der Waals surface area contributed by atoms with Crippen molar-refractivity contribution in [2.75, 3.05) is 17.3 Å². The molecule has 0 atom stereocenters. The van der Waals surface area contributed by atoms with Crippen LogP contribution in [0.5, 0.6) is 5.75 Å². The van der Waals surface area contributed by atoms with Crippen LogP contribution in [0, 0.1) is 0 Å². The monoisotopic (exact) mass is 452 g/mol. The fraction of sp³-hybridized carbons (Fsp3) is 0.148. The first kappa shape index (κ1) is 21.5. The number of methoxy groups -OCH3 is 1. The van der Waals surface area contributed by atoms with Gasteiger partial charge in [0.15, 0.2) is 0 Å². The molecule has 4 aromatic rings. The molecule has 0 saturated heterocycles. The zero-order chi connectivity index (χ0) is 23.5.